The molecule has 2 heterocycles. The van der Waals surface area contributed by atoms with Gasteiger partial charge in [-0.05, 0) is 36.4 Å². The summed E-state index contributed by atoms with van der Waals surface area (Å²) in [7, 11) is 1.32. The predicted octanol–water partition coefficient (Wildman–Crippen LogP) is 2.49. The molecule has 0 atom stereocenters. The van der Waals surface area contributed by atoms with Crippen molar-refractivity contribution < 1.29 is 18.8 Å². The van der Waals surface area contributed by atoms with Crippen molar-refractivity contribution in [3.8, 4) is 11.4 Å². The van der Waals surface area contributed by atoms with Crippen LogP contribution in [-0.4, -0.2) is 34.1 Å². The summed E-state index contributed by atoms with van der Waals surface area (Å²) < 4.78 is 9.79. The van der Waals surface area contributed by atoms with Crippen LogP contribution in [-0.2, 0) is 16.0 Å². The molecule has 0 saturated heterocycles. The van der Waals surface area contributed by atoms with E-state index in [4.69, 9.17) is 4.52 Å². The van der Waals surface area contributed by atoms with Crippen molar-refractivity contribution in [3.63, 3.8) is 0 Å². The third kappa shape index (κ3) is 4.29. The van der Waals surface area contributed by atoms with Crippen LogP contribution in [0.4, 0.5) is 5.69 Å². The highest BCUT2D eigenvalue weighted by atomic mass is 16.5. The zero-order valence-electron chi connectivity index (χ0n) is 14.0. The Labute approximate surface area is 149 Å². The summed E-state index contributed by atoms with van der Waals surface area (Å²) in [5.41, 5.74) is 1.80. The average Bonchev–Trinajstić information content (AvgIpc) is 3.16. The highest BCUT2D eigenvalue weighted by Gasteiger charge is 2.11. The van der Waals surface area contributed by atoms with Gasteiger partial charge in [0.1, 0.15) is 0 Å². The summed E-state index contributed by atoms with van der Waals surface area (Å²) in [5.74, 6) is 0.220. The van der Waals surface area contributed by atoms with E-state index < -0.39 is 5.97 Å². The van der Waals surface area contributed by atoms with Crippen LogP contribution in [0, 0.1) is 0 Å². The molecule has 0 aliphatic carbocycles. The molecule has 0 spiro atoms. The third-order valence-electron chi connectivity index (χ3n) is 3.56. The van der Waals surface area contributed by atoms with Gasteiger partial charge in [-0.3, -0.25) is 9.78 Å². The van der Waals surface area contributed by atoms with Gasteiger partial charge in [-0.15, -0.1) is 0 Å². The lowest BCUT2D eigenvalue weighted by Gasteiger charge is -2.05. The molecule has 8 heteroatoms. The van der Waals surface area contributed by atoms with E-state index >= 15 is 0 Å². The number of nitrogens with one attached hydrogen (secondary N) is 1. The molecule has 2 aromatic heterocycles. The highest BCUT2D eigenvalue weighted by molar-refractivity contribution is 5.93. The standard InChI is InChI=1S/C18H16N4O4/c1-25-18(24)13-2-4-14(5-3-13)20-15(23)6-7-16-21-17(22-26-16)12-8-10-19-11-9-12/h2-5,8-11H,6-7H2,1H3,(H,20,23). The van der Waals surface area contributed by atoms with Crippen molar-refractivity contribution in [2.24, 2.45) is 0 Å². The van der Waals surface area contributed by atoms with Gasteiger partial charge in [-0.2, -0.15) is 4.98 Å². The first-order valence-corrected chi connectivity index (χ1v) is 7.87. The van der Waals surface area contributed by atoms with Crippen molar-refractivity contribution >= 4 is 17.6 Å². The summed E-state index contributed by atoms with van der Waals surface area (Å²) >= 11 is 0. The second-order valence-electron chi connectivity index (χ2n) is 5.36. The highest BCUT2D eigenvalue weighted by Crippen LogP contribution is 2.15. The number of hydrogen-bond acceptors (Lipinski definition) is 7. The molecule has 26 heavy (non-hydrogen) atoms. The molecular weight excluding hydrogens is 336 g/mol. The molecule has 0 saturated carbocycles. The minimum absolute atomic E-state index is 0.191. The molecule has 0 unspecified atom stereocenters. The Morgan fingerprint density at radius 3 is 2.54 bits per heavy atom. The smallest absolute Gasteiger partial charge is 0.337 e. The second kappa shape index (κ2) is 8.02. The van der Waals surface area contributed by atoms with Gasteiger partial charge in [-0.25, -0.2) is 4.79 Å². The number of amides is 1. The Morgan fingerprint density at radius 1 is 1.12 bits per heavy atom. The van der Waals surface area contributed by atoms with Crippen LogP contribution in [0.5, 0.6) is 0 Å². The minimum Gasteiger partial charge on any atom is -0.465 e. The monoisotopic (exact) mass is 352 g/mol. The van der Waals surface area contributed by atoms with E-state index in [9.17, 15) is 9.59 Å². The Bertz CT molecular complexity index is 891. The van der Waals surface area contributed by atoms with E-state index in [1.54, 1.807) is 48.8 Å². The van der Waals surface area contributed by atoms with Gasteiger partial charge in [0.15, 0.2) is 0 Å². The number of benzene rings is 1. The van der Waals surface area contributed by atoms with Crippen LogP contribution in [0.25, 0.3) is 11.4 Å². The van der Waals surface area contributed by atoms with E-state index in [2.05, 4.69) is 25.2 Å². The van der Waals surface area contributed by atoms with E-state index in [1.807, 2.05) is 0 Å². The number of esters is 1. The Hall–Kier alpha value is -3.55. The number of aromatic nitrogens is 3. The van der Waals surface area contributed by atoms with Crippen molar-refractivity contribution in [2.75, 3.05) is 12.4 Å². The van der Waals surface area contributed by atoms with E-state index in [0.29, 0.717) is 29.4 Å². The number of methoxy groups -OCH3 is 1. The van der Waals surface area contributed by atoms with Crippen LogP contribution >= 0.6 is 0 Å². The summed E-state index contributed by atoms with van der Waals surface area (Å²) in [6, 6.07) is 10.00. The van der Waals surface area contributed by atoms with Crippen molar-refractivity contribution in [3.05, 3.63) is 60.2 Å². The number of carbonyl (C=O) groups excluding carboxylic acids is 2. The molecule has 0 bridgehead atoms. The molecule has 8 nitrogen and oxygen atoms in total. The lowest BCUT2D eigenvalue weighted by Crippen LogP contribution is -2.12. The number of rotatable bonds is 6. The van der Waals surface area contributed by atoms with Crippen LogP contribution in [0.3, 0.4) is 0 Å². The molecular formula is C18H16N4O4. The maximum Gasteiger partial charge on any atom is 0.337 e. The molecule has 0 radical (unpaired) electrons. The zero-order valence-corrected chi connectivity index (χ0v) is 14.0. The first-order valence-electron chi connectivity index (χ1n) is 7.87. The lowest BCUT2D eigenvalue weighted by molar-refractivity contribution is -0.116. The maximum absolute atomic E-state index is 12.0. The van der Waals surface area contributed by atoms with E-state index in [1.165, 1.54) is 7.11 Å². The van der Waals surface area contributed by atoms with Crippen LogP contribution in [0.15, 0.2) is 53.3 Å². The summed E-state index contributed by atoms with van der Waals surface area (Å²) in [6.07, 6.45) is 3.80. The number of carbonyl (C=O) groups is 2. The molecule has 0 aliphatic rings. The molecule has 3 aromatic rings. The quantitative estimate of drug-likeness (QED) is 0.679. The maximum atomic E-state index is 12.0. The van der Waals surface area contributed by atoms with Gasteiger partial charge in [-0.1, -0.05) is 5.16 Å². The number of ether oxygens (including phenoxy) is 1. The predicted molar refractivity (Wildman–Crippen MR) is 92.3 cm³/mol. The first kappa shape index (κ1) is 17.3. The van der Waals surface area contributed by atoms with Gasteiger partial charge in [0.2, 0.25) is 17.6 Å². The first-order chi connectivity index (χ1) is 12.7. The number of pyridine rings is 1. The van der Waals surface area contributed by atoms with E-state index in [0.717, 1.165) is 5.56 Å². The number of nitrogens with zero attached hydrogens (tertiary/aromatic N) is 3. The largest absolute Gasteiger partial charge is 0.465 e. The van der Waals surface area contributed by atoms with E-state index in [-0.39, 0.29) is 12.3 Å². The Morgan fingerprint density at radius 2 is 1.85 bits per heavy atom. The number of aryl methyl sites for hydroxylation is 1. The molecule has 1 amide bonds. The van der Waals surface area contributed by atoms with Crippen LogP contribution in [0.1, 0.15) is 22.7 Å². The van der Waals surface area contributed by atoms with Gasteiger partial charge in [0, 0.05) is 36.5 Å². The van der Waals surface area contributed by atoms with Gasteiger partial charge in [0.25, 0.3) is 0 Å². The van der Waals surface area contributed by atoms with Gasteiger partial charge >= 0.3 is 5.97 Å². The van der Waals surface area contributed by atoms with Gasteiger partial charge in [0.05, 0.1) is 12.7 Å². The summed E-state index contributed by atoms with van der Waals surface area (Å²) in [4.78, 5) is 31.6. The Kier molecular flexibility index (Phi) is 5.33. The Balaban J connectivity index is 1.53. The molecule has 132 valence electrons. The summed E-state index contributed by atoms with van der Waals surface area (Å²) in [6.45, 7) is 0. The molecule has 1 aromatic carbocycles. The topological polar surface area (TPSA) is 107 Å². The SMILES string of the molecule is COC(=O)c1ccc(NC(=O)CCc2nc(-c3ccncc3)no2)cc1. The fourth-order valence-electron chi connectivity index (χ4n) is 2.23. The molecule has 3 rings (SSSR count). The molecule has 0 aliphatic heterocycles. The average molecular weight is 352 g/mol. The summed E-state index contributed by atoms with van der Waals surface area (Å²) in [5, 5.41) is 6.64. The number of hydrogen-bond donors (Lipinski definition) is 1. The third-order valence-corrected chi connectivity index (χ3v) is 3.56. The van der Waals surface area contributed by atoms with Gasteiger partial charge < -0.3 is 14.6 Å². The van der Waals surface area contributed by atoms with Crippen LogP contribution in [0.2, 0.25) is 0 Å². The molecule has 1 N–H and O–H groups in total. The van der Waals surface area contributed by atoms with Crippen molar-refractivity contribution in [2.45, 2.75) is 12.8 Å². The fraction of sp³-hybridized carbons (Fsp3) is 0.167. The zero-order chi connectivity index (χ0) is 18.4. The number of anilines is 1. The normalized spacial score (nSPS) is 10.3. The van der Waals surface area contributed by atoms with Crippen molar-refractivity contribution in [1.82, 2.24) is 15.1 Å². The minimum atomic E-state index is -0.427. The lowest BCUT2D eigenvalue weighted by atomic mass is 10.2. The van der Waals surface area contributed by atoms with Crippen LogP contribution < -0.4 is 5.32 Å². The second-order valence-corrected chi connectivity index (χ2v) is 5.36. The fourth-order valence-corrected chi connectivity index (χ4v) is 2.23. The van der Waals surface area contributed by atoms with Crippen molar-refractivity contribution in [1.29, 1.82) is 0 Å². The molecule has 0 fully saturated rings.